The largest absolute Gasteiger partial charge is 0.455 e. The molecule has 0 aliphatic heterocycles. The molecule has 1 aliphatic carbocycles. The molecule has 2 heterocycles. The third-order valence-corrected chi connectivity index (χ3v) is 12.6. The molecule has 0 amide bonds. The summed E-state index contributed by atoms with van der Waals surface area (Å²) in [5, 5.41) is 2.15. The summed E-state index contributed by atoms with van der Waals surface area (Å²) in [6.45, 7) is 0. The van der Waals surface area contributed by atoms with Gasteiger partial charge in [0.2, 0.25) is 0 Å². The third-order valence-electron chi connectivity index (χ3n) is 12.6. The van der Waals surface area contributed by atoms with Crippen LogP contribution in [0, 0.1) is 0 Å². The van der Waals surface area contributed by atoms with Gasteiger partial charge in [-0.3, -0.25) is 0 Å². The highest BCUT2D eigenvalue weighted by Gasteiger charge is 2.46. The number of para-hydroxylation sites is 2. The fraction of sp³-hybridized carbons (Fsp3) is 0.0169. The molecule has 11 aromatic rings. The summed E-state index contributed by atoms with van der Waals surface area (Å²) in [6, 6.07) is 82.3. The van der Waals surface area contributed by atoms with Crippen LogP contribution in [0.2, 0.25) is 0 Å². The Morgan fingerprint density at radius 1 is 0.339 bits per heavy atom. The summed E-state index contributed by atoms with van der Waals surface area (Å²) in [5.41, 5.74) is 17.7. The molecule has 0 saturated heterocycles. The fourth-order valence-electron chi connectivity index (χ4n) is 9.86. The zero-order chi connectivity index (χ0) is 41.0. The van der Waals surface area contributed by atoms with Crippen molar-refractivity contribution in [2.75, 3.05) is 0 Å². The predicted molar refractivity (Wildman–Crippen MR) is 254 cm³/mol. The van der Waals surface area contributed by atoms with E-state index in [1.54, 1.807) is 0 Å². The van der Waals surface area contributed by atoms with Gasteiger partial charge in [-0.2, -0.15) is 0 Å². The molecule has 0 bridgehead atoms. The van der Waals surface area contributed by atoms with Crippen LogP contribution in [-0.2, 0) is 5.41 Å². The minimum absolute atomic E-state index is 0.506. The van der Waals surface area contributed by atoms with Crippen LogP contribution in [0.5, 0.6) is 0 Å². The Kier molecular flexibility index (Phi) is 8.39. The van der Waals surface area contributed by atoms with E-state index in [9.17, 15) is 0 Å². The van der Waals surface area contributed by atoms with Crippen LogP contribution in [0.15, 0.2) is 235 Å². The second-order valence-corrected chi connectivity index (χ2v) is 16.0. The molecule has 2 aromatic heterocycles. The Labute approximate surface area is 360 Å². The summed E-state index contributed by atoms with van der Waals surface area (Å²) < 4.78 is 6.57. The van der Waals surface area contributed by atoms with Gasteiger partial charge >= 0.3 is 0 Å². The van der Waals surface area contributed by atoms with E-state index in [-0.39, 0.29) is 0 Å². The van der Waals surface area contributed by atoms with Gasteiger partial charge in [0.15, 0.2) is 5.82 Å². The molecule has 0 saturated carbocycles. The Bertz CT molecular complexity index is 3410. The van der Waals surface area contributed by atoms with Crippen molar-refractivity contribution >= 4 is 21.9 Å². The maximum absolute atomic E-state index is 6.57. The molecule has 0 unspecified atom stereocenters. The van der Waals surface area contributed by atoms with Gasteiger partial charge in [0.1, 0.15) is 11.2 Å². The first-order valence-corrected chi connectivity index (χ1v) is 21.1. The average molecular weight is 791 g/mol. The Hall–Kier alpha value is -8.14. The first-order chi connectivity index (χ1) is 30.7. The van der Waals surface area contributed by atoms with E-state index in [0.717, 1.165) is 66.7 Å². The van der Waals surface area contributed by atoms with Gasteiger partial charge in [-0.05, 0) is 92.0 Å². The molecule has 0 atom stereocenters. The summed E-state index contributed by atoms with van der Waals surface area (Å²) in [6.07, 6.45) is 0. The van der Waals surface area contributed by atoms with E-state index in [2.05, 4.69) is 200 Å². The molecule has 290 valence electrons. The number of rotatable bonds is 7. The van der Waals surface area contributed by atoms with Crippen molar-refractivity contribution in [2.24, 2.45) is 0 Å². The summed E-state index contributed by atoms with van der Waals surface area (Å²) in [7, 11) is 0. The molecule has 12 rings (SSSR count). The summed E-state index contributed by atoms with van der Waals surface area (Å²) >= 11 is 0. The van der Waals surface area contributed by atoms with Crippen LogP contribution >= 0.6 is 0 Å². The van der Waals surface area contributed by atoms with Crippen molar-refractivity contribution in [3.05, 3.63) is 253 Å². The van der Waals surface area contributed by atoms with E-state index in [1.165, 1.54) is 38.9 Å². The van der Waals surface area contributed by atoms with Crippen molar-refractivity contribution in [1.29, 1.82) is 0 Å². The van der Waals surface area contributed by atoms with Crippen molar-refractivity contribution < 1.29 is 4.42 Å². The van der Waals surface area contributed by atoms with Gasteiger partial charge in [0, 0.05) is 27.5 Å². The van der Waals surface area contributed by atoms with E-state index in [0.29, 0.717) is 5.82 Å². The van der Waals surface area contributed by atoms with Gasteiger partial charge < -0.3 is 4.42 Å². The minimum Gasteiger partial charge on any atom is -0.455 e. The van der Waals surface area contributed by atoms with Gasteiger partial charge in [0.05, 0.1) is 16.8 Å². The molecule has 62 heavy (non-hydrogen) atoms. The highest BCUT2D eigenvalue weighted by molar-refractivity contribution is 6.09. The van der Waals surface area contributed by atoms with Crippen LogP contribution in [0.3, 0.4) is 0 Å². The standard InChI is InChI=1S/C59H38N2O/c1-5-19-39(20-6-1)41-35-42(46-29-18-33-52-56(46)49-28-13-15-32-51(49)59(52,44-23-9-3-10-24-44)45-25-11-4-12-26-45)37-43(36-41)53-38-54(61-58(60-53)40-21-7-2-8-22-40)50-31-17-30-48-47-27-14-16-34-55(47)62-57(48)50/h1-38H. The molecule has 1 aliphatic rings. The molecular formula is C59H38N2O. The second kappa shape index (κ2) is 14.5. The number of hydrogen-bond donors (Lipinski definition) is 0. The SMILES string of the molecule is c1ccc(-c2cc(-c3cc(-c4cccc5c4oc4ccccc45)nc(-c4ccccc4)n3)cc(-c3cccc4c3-c3ccccc3C4(c3ccccc3)c3ccccc3)c2)cc1. The summed E-state index contributed by atoms with van der Waals surface area (Å²) in [4.78, 5) is 10.6. The Balaban J connectivity index is 1.12. The fourth-order valence-corrected chi connectivity index (χ4v) is 9.86. The van der Waals surface area contributed by atoms with Gasteiger partial charge in [-0.25, -0.2) is 9.97 Å². The molecule has 0 N–H and O–H groups in total. The second-order valence-electron chi connectivity index (χ2n) is 16.0. The lowest BCUT2D eigenvalue weighted by Crippen LogP contribution is -2.28. The highest BCUT2D eigenvalue weighted by atomic mass is 16.3. The van der Waals surface area contributed by atoms with Crippen molar-refractivity contribution in [3.8, 4) is 67.3 Å². The molecular weight excluding hydrogens is 753 g/mol. The first kappa shape index (κ1) is 35.8. The van der Waals surface area contributed by atoms with E-state index in [4.69, 9.17) is 14.4 Å². The van der Waals surface area contributed by atoms with E-state index >= 15 is 0 Å². The van der Waals surface area contributed by atoms with Crippen LogP contribution in [0.1, 0.15) is 22.3 Å². The number of aromatic nitrogens is 2. The van der Waals surface area contributed by atoms with Crippen LogP contribution in [0.4, 0.5) is 0 Å². The van der Waals surface area contributed by atoms with Crippen molar-refractivity contribution in [3.63, 3.8) is 0 Å². The Morgan fingerprint density at radius 2 is 0.871 bits per heavy atom. The number of nitrogens with zero attached hydrogens (tertiary/aromatic N) is 2. The third kappa shape index (κ3) is 5.67. The zero-order valence-electron chi connectivity index (χ0n) is 33.7. The van der Waals surface area contributed by atoms with E-state index < -0.39 is 5.41 Å². The molecule has 3 nitrogen and oxygen atoms in total. The van der Waals surface area contributed by atoms with Crippen LogP contribution < -0.4 is 0 Å². The van der Waals surface area contributed by atoms with Gasteiger partial charge in [-0.15, -0.1) is 0 Å². The molecule has 3 heteroatoms. The predicted octanol–water partition coefficient (Wildman–Crippen LogP) is 15.1. The number of hydrogen-bond acceptors (Lipinski definition) is 3. The number of fused-ring (bicyclic) bond motifs is 6. The van der Waals surface area contributed by atoms with Crippen LogP contribution in [0.25, 0.3) is 89.2 Å². The van der Waals surface area contributed by atoms with Gasteiger partial charge in [-0.1, -0.05) is 194 Å². The lowest BCUT2D eigenvalue weighted by Gasteiger charge is -2.34. The summed E-state index contributed by atoms with van der Waals surface area (Å²) in [5.74, 6) is 0.655. The van der Waals surface area contributed by atoms with Crippen molar-refractivity contribution in [1.82, 2.24) is 9.97 Å². The Morgan fingerprint density at radius 3 is 1.63 bits per heavy atom. The van der Waals surface area contributed by atoms with Crippen LogP contribution in [-0.4, -0.2) is 9.97 Å². The van der Waals surface area contributed by atoms with E-state index in [1.807, 2.05) is 30.3 Å². The lowest BCUT2D eigenvalue weighted by atomic mass is 9.67. The monoisotopic (exact) mass is 790 g/mol. The topological polar surface area (TPSA) is 38.9 Å². The van der Waals surface area contributed by atoms with Crippen molar-refractivity contribution in [2.45, 2.75) is 5.41 Å². The number of benzene rings is 9. The molecule has 9 aromatic carbocycles. The quantitative estimate of drug-likeness (QED) is 0.161. The smallest absolute Gasteiger partial charge is 0.160 e. The maximum atomic E-state index is 6.57. The first-order valence-electron chi connectivity index (χ1n) is 21.1. The lowest BCUT2D eigenvalue weighted by molar-refractivity contribution is 0.670. The minimum atomic E-state index is -0.506. The molecule has 0 spiro atoms. The molecule has 0 radical (unpaired) electrons. The molecule has 0 fully saturated rings. The zero-order valence-corrected chi connectivity index (χ0v) is 33.7. The normalized spacial score (nSPS) is 12.6. The number of furan rings is 1. The van der Waals surface area contributed by atoms with Gasteiger partial charge in [0.25, 0.3) is 0 Å². The maximum Gasteiger partial charge on any atom is 0.160 e. The highest BCUT2D eigenvalue weighted by Crippen LogP contribution is 2.58. The average Bonchev–Trinajstić information content (AvgIpc) is 3.89.